The molecule has 3 aromatic rings. The van der Waals surface area contributed by atoms with Gasteiger partial charge in [0.15, 0.2) is 0 Å². The Bertz CT molecular complexity index is 645. The van der Waals surface area contributed by atoms with Crippen molar-refractivity contribution in [3.05, 3.63) is 71.6 Å². The zero-order valence-corrected chi connectivity index (χ0v) is 11.0. The van der Waals surface area contributed by atoms with Crippen LogP contribution in [0.2, 0.25) is 0 Å². The maximum Gasteiger partial charge on any atom is 0.131 e. The van der Waals surface area contributed by atoms with Gasteiger partial charge in [-0.1, -0.05) is 12.1 Å². The summed E-state index contributed by atoms with van der Waals surface area (Å²) >= 11 is 1.55. The summed E-state index contributed by atoms with van der Waals surface area (Å²) in [6.07, 6.45) is 3.87. The molecular weight excluding hydrogens is 259 g/mol. The Balaban J connectivity index is 1.81. The van der Waals surface area contributed by atoms with E-state index >= 15 is 0 Å². The molecule has 0 aliphatic heterocycles. The predicted octanol–water partition coefficient (Wildman–Crippen LogP) is 4.10. The van der Waals surface area contributed by atoms with Gasteiger partial charge in [0, 0.05) is 22.8 Å². The number of benzene rings is 1. The molecule has 0 spiro atoms. The van der Waals surface area contributed by atoms with Crippen molar-refractivity contribution < 1.29 is 4.39 Å². The van der Waals surface area contributed by atoms with E-state index in [0.29, 0.717) is 12.1 Å². The first-order valence-corrected chi connectivity index (χ1v) is 6.90. The maximum absolute atomic E-state index is 13.8. The van der Waals surface area contributed by atoms with Crippen molar-refractivity contribution in [2.75, 3.05) is 5.43 Å². The van der Waals surface area contributed by atoms with E-state index in [1.807, 2.05) is 58.8 Å². The number of hydrogen-bond acceptors (Lipinski definition) is 2. The summed E-state index contributed by atoms with van der Waals surface area (Å²) in [6, 6.07) is 13.0. The van der Waals surface area contributed by atoms with Crippen molar-refractivity contribution >= 4 is 11.3 Å². The van der Waals surface area contributed by atoms with Gasteiger partial charge in [-0.15, -0.1) is 11.3 Å². The SMILES string of the molecule is Fc1ccc(CNn2cccc2)cc1-c1cccs1. The molecule has 0 radical (unpaired) electrons. The van der Waals surface area contributed by atoms with Crippen LogP contribution in [0, 0.1) is 5.82 Å². The molecule has 2 nitrogen and oxygen atoms in total. The monoisotopic (exact) mass is 272 g/mol. The fourth-order valence-electron chi connectivity index (χ4n) is 1.93. The molecular formula is C15H13FN2S. The summed E-state index contributed by atoms with van der Waals surface area (Å²) in [7, 11) is 0. The van der Waals surface area contributed by atoms with Crippen LogP contribution in [0.3, 0.4) is 0 Å². The van der Waals surface area contributed by atoms with Crippen LogP contribution in [-0.2, 0) is 6.54 Å². The van der Waals surface area contributed by atoms with Crippen LogP contribution in [0.15, 0.2) is 60.2 Å². The van der Waals surface area contributed by atoms with E-state index < -0.39 is 0 Å². The molecule has 0 atom stereocenters. The van der Waals surface area contributed by atoms with Gasteiger partial charge in [-0.05, 0) is 41.3 Å². The highest BCUT2D eigenvalue weighted by Crippen LogP contribution is 2.28. The second kappa shape index (κ2) is 5.28. The van der Waals surface area contributed by atoms with Crippen LogP contribution >= 0.6 is 11.3 Å². The van der Waals surface area contributed by atoms with E-state index in [9.17, 15) is 4.39 Å². The first-order valence-electron chi connectivity index (χ1n) is 6.02. The molecule has 2 aromatic heterocycles. The Hall–Kier alpha value is -2.07. The number of nitrogens with one attached hydrogen (secondary N) is 1. The van der Waals surface area contributed by atoms with Gasteiger partial charge in [0.05, 0.1) is 6.54 Å². The lowest BCUT2D eigenvalue weighted by Crippen LogP contribution is -2.11. The van der Waals surface area contributed by atoms with Gasteiger partial charge < -0.3 is 5.43 Å². The molecule has 0 saturated carbocycles. The lowest BCUT2D eigenvalue weighted by atomic mass is 10.1. The Morgan fingerprint density at radius 3 is 2.68 bits per heavy atom. The quantitative estimate of drug-likeness (QED) is 0.756. The van der Waals surface area contributed by atoms with E-state index in [-0.39, 0.29) is 5.82 Å². The van der Waals surface area contributed by atoms with Crippen molar-refractivity contribution in [3.8, 4) is 10.4 Å². The molecule has 1 N–H and O–H groups in total. The van der Waals surface area contributed by atoms with E-state index in [4.69, 9.17) is 0 Å². The van der Waals surface area contributed by atoms with Crippen LogP contribution < -0.4 is 5.43 Å². The first-order chi connectivity index (χ1) is 9.33. The van der Waals surface area contributed by atoms with Gasteiger partial charge in [0.1, 0.15) is 5.82 Å². The minimum Gasteiger partial charge on any atom is -0.322 e. The van der Waals surface area contributed by atoms with Gasteiger partial charge in [0.2, 0.25) is 0 Å². The summed E-state index contributed by atoms with van der Waals surface area (Å²) in [5.41, 5.74) is 4.95. The fraction of sp³-hybridized carbons (Fsp3) is 0.0667. The molecule has 4 heteroatoms. The van der Waals surface area contributed by atoms with Gasteiger partial charge >= 0.3 is 0 Å². The molecule has 0 fully saturated rings. The smallest absolute Gasteiger partial charge is 0.131 e. The molecule has 19 heavy (non-hydrogen) atoms. The third-order valence-corrected chi connectivity index (χ3v) is 3.79. The number of hydrogen-bond donors (Lipinski definition) is 1. The van der Waals surface area contributed by atoms with Crippen molar-refractivity contribution in [1.82, 2.24) is 4.68 Å². The normalized spacial score (nSPS) is 10.6. The molecule has 1 aromatic carbocycles. The topological polar surface area (TPSA) is 17.0 Å². The molecule has 0 aliphatic rings. The van der Waals surface area contributed by atoms with E-state index in [0.717, 1.165) is 10.4 Å². The highest BCUT2D eigenvalue weighted by atomic mass is 32.1. The number of aromatic nitrogens is 1. The van der Waals surface area contributed by atoms with E-state index in [1.54, 1.807) is 11.3 Å². The molecule has 3 rings (SSSR count). The molecule has 0 amide bonds. The number of nitrogens with zero attached hydrogens (tertiary/aromatic N) is 1. The zero-order valence-electron chi connectivity index (χ0n) is 10.2. The largest absolute Gasteiger partial charge is 0.322 e. The molecule has 0 saturated heterocycles. The van der Waals surface area contributed by atoms with Crippen molar-refractivity contribution in [2.24, 2.45) is 0 Å². The van der Waals surface area contributed by atoms with Crippen molar-refractivity contribution in [2.45, 2.75) is 6.54 Å². The van der Waals surface area contributed by atoms with Crippen LogP contribution in [0.1, 0.15) is 5.56 Å². The van der Waals surface area contributed by atoms with Crippen LogP contribution in [-0.4, -0.2) is 4.68 Å². The molecule has 96 valence electrons. The fourth-order valence-corrected chi connectivity index (χ4v) is 2.67. The van der Waals surface area contributed by atoms with Gasteiger partial charge in [-0.2, -0.15) is 0 Å². The number of thiophene rings is 1. The van der Waals surface area contributed by atoms with Crippen molar-refractivity contribution in [1.29, 1.82) is 0 Å². The zero-order chi connectivity index (χ0) is 13.1. The highest BCUT2D eigenvalue weighted by Gasteiger charge is 2.07. The predicted molar refractivity (Wildman–Crippen MR) is 77.2 cm³/mol. The summed E-state index contributed by atoms with van der Waals surface area (Å²) < 4.78 is 15.7. The van der Waals surface area contributed by atoms with Crippen molar-refractivity contribution in [3.63, 3.8) is 0 Å². The lowest BCUT2D eigenvalue weighted by molar-refractivity contribution is 0.631. The minimum absolute atomic E-state index is 0.174. The van der Waals surface area contributed by atoms with Gasteiger partial charge in [0.25, 0.3) is 0 Å². The first kappa shape index (κ1) is 12.0. The maximum atomic E-state index is 13.8. The van der Waals surface area contributed by atoms with E-state index in [1.165, 1.54) is 6.07 Å². The van der Waals surface area contributed by atoms with Crippen LogP contribution in [0.5, 0.6) is 0 Å². The van der Waals surface area contributed by atoms with Gasteiger partial charge in [-0.3, -0.25) is 4.68 Å². The van der Waals surface area contributed by atoms with Gasteiger partial charge in [-0.25, -0.2) is 4.39 Å². The van der Waals surface area contributed by atoms with E-state index in [2.05, 4.69) is 5.43 Å². The third-order valence-electron chi connectivity index (χ3n) is 2.89. The second-order valence-electron chi connectivity index (χ2n) is 4.22. The summed E-state index contributed by atoms with van der Waals surface area (Å²) in [5, 5.41) is 1.96. The summed E-state index contributed by atoms with van der Waals surface area (Å²) in [4.78, 5) is 0.959. The average Bonchev–Trinajstić information content (AvgIpc) is 3.11. The summed E-state index contributed by atoms with van der Waals surface area (Å²) in [5.74, 6) is -0.174. The highest BCUT2D eigenvalue weighted by molar-refractivity contribution is 7.13. The van der Waals surface area contributed by atoms with Crippen LogP contribution in [0.25, 0.3) is 10.4 Å². The average molecular weight is 272 g/mol. The second-order valence-corrected chi connectivity index (χ2v) is 5.16. The standard InChI is InChI=1S/C15H13FN2S/c16-14-6-5-12(11-17-18-7-1-2-8-18)10-13(14)15-4-3-9-19-15/h1-10,17H,11H2. The Labute approximate surface area is 115 Å². The number of rotatable bonds is 4. The van der Waals surface area contributed by atoms with Crippen LogP contribution in [0.4, 0.5) is 4.39 Å². The summed E-state index contributed by atoms with van der Waals surface area (Å²) in [6.45, 7) is 0.660. The third kappa shape index (κ3) is 2.69. The lowest BCUT2D eigenvalue weighted by Gasteiger charge is -2.09. The molecule has 0 unspecified atom stereocenters. The Kier molecular flexibility index (Phi) is 3.33. The molecule has 0 aliphatic carbocycles. The number of halogens is 1. The Morgan fingerprint density at radius 2 is 1.95 bits per heavy atom. The molecule has 0 bridgehead atoms. The molecule has 2 heterocycles. The Morgan fingerprint density at radius 1 is 1.11 bits per heavy atom. The minimum atomic E-state index is -0.174.